The molecule has 2 aromatic rings. The molecule has 0 bridgehead atoms. The topological polar surface area (TPSA) is 85.4 Å². The lowest BCUT2D eigenvalue weighted by Crippen LogP contribution is -2.36. The van der Waals surface area contributed by atoms with Crippen LogP contribution in [0.25, 0.3) is 10.6 Å². The lowest BCUT2D eigenvalue weighted by Gasteiger charge is -2.08. The van der Waals surface area contributed by atoms with E-state index in [2.05, 4.69) is 10.3 Å². The van der Waals surface area contributed by atoms with Gasteiger partial charge < -0.3 is 10.1 Å². The number of carbonyl (C=O) groups is 1. The standard InChI is InChI=1S/C16H16N2O4S2/c1-22-14-4-2-3-11(7-14)16-18-13(9-23-16)8-15(19)17-12-5-6-24(20,21)10-12/h2-7,9,12H,8,10H2,1H3,(H,17,19)/t12-/m1/s1. The molecule has 126 valence electrons. The number of thiazole rings is 1. The van der Waals surface area contributed by atoms with Crippen molar-refractivity contribution in [1.29, 1.82) is 0 Å². The molecule has 0 fully saturated rings. The van der Waals surface area contributed by atoms with Gasteiger partial charge in [0.05, 0.1) is 31.0 Å². The molecule has 1 aliphatic heterocycles. The molecule has 0 spiro atoms. The molecular formula is C16H16N2O4S2. The normalized spacial score (nSPS) is 18.5. The van der Waals surface area contributed by atoms with Gasteiger partial charge in [0, 0.05) is 16.4 Å². The van der Waals surface area contributed by atoms with Crippen molar-refractivity contribution in [3.63, 3.8) is 0 Å². The van der Waals surface area contributed by atoms with Gasteiger partial charge >= 0.3 is 0 Å². The molecule has 6 nitrogen and oxygen atoms in total. The van der Waals surface area contributed by atoms with Crippen molar-refractivity contribution in [1.82, 2.24) is 10.3 Å². The Labute approximate surface area is 144 Å². The van der Waals surface area contributed by atoms with Crippen LogP contribution in [0.5, 0.6) is 5.75 Å². The molecule has 1 N–H and O–H groups in total. The summed E-state index contributed by atoms with van der Waals surface area (Å²) < 4.78 is 27.9. The number of hydrogen-bond acceptors (Lipinski definition) is 6. The molecule has 2 heterocycles. The third kappa shape index (κ3) is 4.01. The molecule has 0 saturated carbocycles. The zero-order chi connectivity index (χ0) is 17.2. The minimum atomic E-state index is -3.17. The number of nitrogens with one attached hydrogen (secondary N) is 1. The van der Waals surface area contributed by atoms with Crippen LogP contribution in [0.1, 0.15) is 5.69 Å². The van der Waals surface area contributed by atoms with Gasteiger partial charge in [-0.2, -0.15) is 0 Å². The van der Waals surface area contributed by atoms with Crippen molar-refractivity contribution >= 4 is 27.1 Å². The first kappa shape index (κ1) is 16.7. The first-order valence-corrected chi connectivity index (χ1v) is 9.84. The number of ether oxygens (including phenoxy) is 1. The van der Waals surface area contributed by atoms with E-state index in [1.54, 1.807) is 7.11 Å². The van der Waals surface area contributed by atoms with E-state index >= 15 is 0 Å². The monoisotopic (exact) mass is 364 g/mol. The van der Waals surface area contributed by atoms with Crippen molar-refractivity contribution < 1.29 is 17.9 Å². The molecule has 1 atom stereocenters. The van der Waals surface area contributed by atoms with Crippen molar-refractivity contribution in [3.8, 4) is 16.3 Å². The van der Waals surface area contributed by atoms with E-state index in [0.717, 1.165) is 21.7 Å². The highest BCUT2D eigenvalue weighted by Crippen LogP contribution is 2.27. The van der Waals surface area contributed by atoms with Gasteiger partial charge in [-0.05, 0) is 18.2 Å². The Bertz CT molecular complexity index is 887. The number of benzene rings is 1. The van der Waals surface area contributed by atoms with Gasteiger partial charge in [-0.1, -0.05) is 12.1 Å². The average Bonchev–Trinajstić information content (AvgIpc) is 3.13. The lowest BCUT2D eigenvalue weighted by atomic mass is 10.2. The Morgan fingerprint density at radius 2 is 2.29 bits per heavy atom. The van der Waals surface area contributed by atoms with Crippen LogP contribution in [0.2, 0.25) is 0 Å². The first-order valence-electron chi connectivity index (χ1n) is 7.24. The number of carbonyl (C=O) groups excluding carboxylic acids is 1. The predicted molar refractivity (Wildman–Crippen MR) is 92.7 cm³/mol. The third-order valence-corrected chi connectivity index (χ3v) is 5.82. The molecular weight excluding hydrogens is 348 g/mol. The maximum Gasteiger partial charge on any atom is 0.226 e. The highest BCUT2D eigenvalue weighted by Gasteiger charge is 2.23. The van der Waals surface area contributed by atoms with E-state index in [9.17, 15) is 13.2 Å². The van der Waals surface area contributed by atoms with Gasteiger partial charge in [-0.25, -0.2) is 13.4 Å². The zero-order valence-electron chi connectivity index (χ0n) is 12.9. The first-order chi connectivity index (χ1) is 11.4. The fourth-order valence-electron chi connectivity index (χ4n) is 2.36. The Hall–Kier alpha value is -2.19. The molecule has 8 heteroatoms. The molecule has 3 rings (SSSR count). The van der Waals surface area contributed by atoms with Crippen LogP contribution in [-0.4, -0.2) is 38.2 Å². The highest BCUT2D eigenvalue weighted by molar-refractivity contribution is 7.94. The summed E-state index contributed by atoms with van der Waals surface area (Å²) in [5.74, 6) is 0.422. The molecule has 0 saturated heterocycles. The Balaban J connectivity index is 1.63. The van der Waals surface area contributed by atoms with E-state index in [1.165, 1.54) is 17.4 Å². The smallest absolute Gasteiger partial charge is 0.226 e. The molecule has 0 radical (unpaired) electrons. The maximum absolute atomic E-state index is 12.0. The Morgan fingerprint density at radius 1 is 1.46 bits per heavy atom. The van der Waals surface area contributed by atoms with Crippen LogP contribution in [0, 0.1) is 0 Å². The van der Waals surface area contributed by atoms with E-state index in [-0.39, 0.29) is 18.1 Å². The predicted octanol–water partition coefficient (Wildman–Crippen LogP) is 1.79. The number of amides is 1. The fraction of sp³-hybridized carbons (Fsp3) is 0.250. The quantitative estimate of drug-likeness (QED) is 0.874. The molecule has 24 heavy (non-hydrogen) atoms. The second-order valence-electron chi connectivity index (χ2n) is 5.38. The van der Waals surface area contributed by atoms with Crippen LogP contribution >= 0.6 is 11.3 Å². The van der Waals surface area contributed by atoms with Crippen molar-refractivity contribution in [3.05, 3.63) is 46.8 Å². The third-order valence-electron chi connectivity index (χ3n) is 3.49. The van der Waals surface area contributed by atoms with Crippen LogP contribution in [0.4, 0.5) is 0 Å². The van der Waals surface area contributed by atoms with Gasteiger partial charge in [0.25, 0.3) is 0 Å². The Kier molecular flexibility index (Phi) is 4.68. The maximum atomic E-state index is 12.0. The van der Waals surface area contributed by atoms with E-state index in [0.29, 0.717) is 5.69 Å². The summed E-state index contributed by atoms with van der Waals surface area (Å²) >= 11 is 1.45. The van der Waals surface area contributed by atoms with Crippen molar-refractivity contribution in [2.24, 2.45) is 0 Å². The summed E-state index contributed by atoms with van der Waals surface area (Å²) in [6.45, 7) is 0. The van der Waals surface area contributed by atoms with Crippen LogP contribution in [0.3, 0.4) is 0 Å². The number of rotatable bonds is 5. The van der Waals surface area contributed by atoms with Crippen LogP contribution < -0.4 is 10.1 Å². The Morgan fingerprint density at radius 3 is 3.00 bits per heavy atom. The molecule has 1 aromatic heterocycles. The van der Waals surface area contributed by atoms with Gasteiger partial charge in [0.2, 0.25) is 5.91 Å². The number of sulfone groups is 1. The molecule has 1 amide bonds. The van der Waals surface area contributed by atoms with Gasteiger partial charge in [-0.15, -0.1) is 11.3 Å². The summed E-state index contributed by atoms with van der Waals surface area (Å²) in [5.41, 5.74) is 1.58. The van der Waals surface area contributed by atoms with Crippen molar-refractivity contribution in [2.75, 3.05) is 12.9 Å². The van der Waals surface area contributed by atoms with Gasteiger partial charge in [0.1, 0.15) is 10.8 Å². The van der Waals surface area contributed by atoms with Crippen LogP contribution in [-0.2, 0) is 21.1 Å². The number of methoxy groups -OCH3 is 1. The number of hydrogen-bond donors (Lipinski definition) is 1. The van der Waals surface area contributed by atoms with E-state index in [1.807, 2.05) is 29.6 Å². The molecule has 1 aliphatic rings. The number of nitrogens with zero attached hydrogens (tertiary/aromatic N) is 1. The van der Waals surface area contributed by atoms with Crippen molar-refractivity contribution in [2.45, 2.75) is 12.5 Å². The second kappa shape index (κ2) is 6.74. The summed E-state index contributed by atoms with van der Waals surface area (Å²) in [5, 5.41) is 6.47. The van der Waals surface area contributed by atoms with E-state index in [4.69, 9.17) is 4.74 Å². The lowest BCUT2D eigenvalue weighted by molar-refractivity contribution is -0.120. The van der Waals surface area contributed by atoms with Gasteiger partial charge in [0.15, 0.2) is 9.84 Å². The second-order valence-corrected chi connectivity index (χ2v) is 8.17. The van der Waals surface area contributed by atoms with Gasteiger partial charge in [-0.3, -0.25) is 4.79 Å². The SMILES string of the molecule is COc1cccc(-c2nc(CC(=O)N[C@@H]3C=CS(=O)(=O)C3)cs2)c1. The number of aromatic nitrogens is 1. The summed E-state index contributed by atoms with van der Waals surface area (Å²) in [6, 6.07) is 7.10. The largest absolute Gasteiger partial charge is 0.497 e. The minimum absolute atomic E-state index is 0.0785. The molecule has 0 aliphatic carbocycles. The van der Waals surface area contributed by atoms with Crippen LogP contribution in [0.15, 0.2) is 41.1 Å². The molecule has 1 aromatic carbocycles. The average molecular weight is 364 g/mol. The summed E-state index contributed by atoms with van der Waals surface area (Å²) in [6.07, 6.45) is 1.61. The highest BCUT2D eigenvalue weighted by atomic mass is 32.2. The minimum Gasteiger partial charge on any atom is -0.497 e. The summed E-state index contributed by atoms with van der Waals surface area (Å²) in [7, 11) is -1.57. The van der Waals surface area contributed by atoms with E-state index < -0.39 is 15.9 Å². The summed E-state index contributed by atoms with van der Waals surface area (Å²) in [4.78, 5) is 16.5. The molecule has 0 unspecified atom stereocenters. The zero-order valence-corrected chi connectivity index (χ0v) is 14.6. The fourth-order valence-corrected chi connectivity index (χ4v) is 4.42.